The van der Waals surface area contributed by atoms with Gasteiger partial charge in [-0.05, 0) is 18.0 Å². The van der Waals surface area contributed by atoms with Gasteiger partial charge < -0.3 is 0 Å². The summed E-state index contributed by atoms with van der Waals surface area (Å²) in [5.41, 5.74) is 0. The molecule has 0 radical (unpaired) electrons. The van der Waals surface area contributed by atoms with Gasteiger partial charge in [0, 0.05) is 16.7 Å². The first kappa shape index (κ1) is 13.2. The van der Waals surface area contributed by atoms with Crippen molar-refractivity contribution in [3.63, 3.8) is 0 Å². The Kier molecular flexibility index (Phi) is 8.92. The molecule has 2 nitrogen and oxygen atoms in total. The average molecular weight is 240 g/mol. The summed E-state index contributed by atoms with van der Waals surface area (Å²) in [6.07, 6.45) is 3.99. The van der Waals surface area contributed by atoms with Crippen LogP contribution in [0, 0.1) is 0 Å². The number of carbonyl (C=O) groups is 1. The Balaban J connectivity index is 3.56. The maximum absolute atomic E-state index is 10.8. The summed E-state index contributed by atoms with van der Waals surface area (Å²) in [4.78, 5) is 10.8. The van der Waals surface area contributed by atoms with E-state index in [2.05, 4.69) is 13.5 Å². The van der Waals surface area contributed by atoms with Crippen molar-refractivity contribution in [3.05, 3.63) is 12.7 Å². The van der Waals surface area contributed by atoms with Crippen molar-refractivity contribution in [2.75, 3.05) is 12.3 Å². The predicted octanol–water partition coefficient (Wildman–Crippen LogP) is 3.93. The molecule has 76 valence electrons. The number of hydrogen-bond acceptors (Lipinski definition) is 3. The molecule has 0 saturated carbocycles. The van der Waals surface area contributed by atoms with Crippen molar-refractivity contribution in [2.24, 2.45) is 0 Å². The lowest BCUT2D eigenvalue weighted by Gasteiger charge is -2.14. The summed E-state index contributed by atoms with van der Waals surface area (Å²) >= 11 is 5.34. The van der Waals surface area contributed by atoms with E-state index in [4.69, 9.17) is 11.6 Å². The van der Waals surface area contributed by atoms with Crippen LogP contribution in [0.2, 0.25) is 0 Å². The van der Waals surface area contributed by atoms with Crippen molar-refractivity contribution in [1.29, 1.82) is 0 Å². The smallest absolute Gasteiger partial charge is 0.260 e. The van der Waals surface area contributed by atoms with Gasteiger partial charge in [-0.1, -0.05) is 30.2 Å². The van der Waals surface area contributed by atoms with Gasteiger partial charge in [-0.2, -0.15) is 0 Å². The molecule has 13 heavy (non-hydrogen) atoms. The van der Waals surface area contributed by atoms with Crippen LogP contribution in [-0.2, 0) is 0 Å². The number of amides is 1. The van der Waals surface area contributed by atoms with E-state index in [1.165, 1.54) is 21.7 Å². The number of unbranched alkanes of at least 4 members (excludes halogenated alkanes) is 1. The van der Waals surface area contributed by atoms with Gasteiger partial charge in [0.25, 0.3) is 0 Å². The zero-order valence-electron chi connectivity index (χ0n) is 7.66. The van der Waals surface area contributed by atoms with Gasteiger partial charge in [0.05, 0.1) is 6.54 Å². The Morgan fingerprint density at radius 1 is 1.69 bits per heavy atom. The maximum atomic E-state index is 10.8. The monoisotopic (exact) mass is 239 g/mol. The summed E-state index contributed by atoms with van der Waals surface area (Å²) in [6.45, 7) is 6.18. The molecular weight excluding hydrogens is 226 g/mol. The van der Waals surface area contributed by atoms with Gasteiger partial charge in [-0.15, -0.1) is 6.58 Å². The van der Waals surface area contributed by atoms with E-state index in [1.54, 1.807) is 16.9 Å². The molecule has 0 aliphatic carbocycles. The second kappa shape index (κ2) is 8.78. The molecule has 0 aromatic heterocycles. The second-order valence-corrected chi connectivity index (χ2v) is 5.06. The lowest BCUT2D eigenvalue weighted by Crippen LogP contribution is -2.16. The molecule has 0 fully saturated rings. The zero-order chi connectivity index (χ0) is 10.1. The lowest BCUT2D eigenvalue weighted by molar-refractivity contribution is 0.249. The molecule has 0 N–H and O–H groups in total. The van der Waals surface area contributed by atoms with Gasteiger partial charge in [0.15, 0.2) is 0 Å². The molecule has 5 heteroatoms. The van der Waals surface area contributed by atoms with Gasteiger partial charge in [0.1, 0.15) is 0 Å². The standard InChI is InChI=1S/C8H14ClNOS2/c1-3-5-7-12-13-10(6-4-2)8(9)11/h4H,2-3,5-7H2,1H3. The normalized spacial score (nSPS) is 9.69. The van der Waals surface area contributed by atoms with Crippen LogP contribution in [0.25, 0.3) is 0 Å². The van der Waals surface area contributed by atoms with E-state index >= 15 is 0 Å². The van der Waals surface area contributed by atoms with E-state index in [0.29, 0.717) is 6.54 Å². The molecule has 0 saturated heterocycles. The Hall–Kier alpha value is 0.200. The third kappa shape index (κ3) is 7.28. The summed E-state index contributed by atoms with van der Waals surface area (Å²) in [5, 5.41) is -0.436. The third-order valence-electron chi connectivity index (χ3n) is 1.21. The highest BCUT2D eigenvalue weighted by atomic mass is 35.5. The van der Waals surface area contributed by atoms with Crippen LogP contribution in [0.1, 0.15) is 19.8 Å². The third-order valence-corrected chi connectivity index (χ3v) is 3.93. The second-order valence-electron chi connectivity index (χ2n) is 2.35. The molecular formula is C8H14ClNOS2. The Labute approximate surface area is 92.6 Å². The first-order chi connectivity index (χ1) is 6.22. The quantitative estimate of drug-likeness (QED) is 0.168. The molecule has 0 aromatic carbocycles. The summed E-state index contributed by atoms with van der Waals surface area (Å²) < 4.78 is 1.48. The highest BCUT2D eigenvalue weighted by Gasteiger charge is 2.09. The minimum atomic E-state index is -0.436. The van der Waals surface area contributed by atoms with Crippen LogP contribution in [-0.4, -0.2) is 22.0 Å². The fourth-order valence-corrected chi connectivity index (χ4v) is 3.03. The van der Waals surface area contributed by atoms with Gasteiger partial charge in [-0.25, -0.2) is 0 Å². The SMILES string of the molecule is C=CCN(SSCCCC)C(=O)Cl. The fraction of sp³-hybridized carbons (Fsp3) is 0.625. The van der Waals surface area contributed by atoms with Gasteiger partial charge >= 0.3 is 5.37 Å². The summed E-state index contributed by atoms with van der Waals surface area (Å²) in [6, 6.07) is 0. The zero-order valence-corrected chi connectivity index (χ0v) is 10.1. The van der Waals surface area contributed by atoms with Crippen LogP contribution < -0.4 is 0 Å². The minimum absolute atomic E-state index is 0.436. The topological polar surface area (TPSA) is 20.3 Å². The lowest BCUT2D eigenvalue weighted by atomic mass is 10.4. The van der Waals surface area contributed by atoms with Gasteiger partial charge in [0.2, 0.25) is 0 Å². The van der Waals surface area contributed by atoms with E-state index in [9.17, 15) is 4.79 Å². The maximum Gasteiger partial charge on any atom is 0.327 e. The largest absolute Gasteiger partial charge is 0.327 e. The Bertz CT molecular complexity index is 166. The van der Waals surface area contributed by atoms with E-state index in [0.717, 1.165) is 12.2 Å². The van der Waals surface area contributed by atoms with Crippen molar-refractivity contribution in [1.82, 2.24) is 4.31 Å². The average Bonchev–Trinajstić information content (AvgIpc) is 2.10. The Morgan fingerprint density at radius 2 is 2.38 bits per heavy atom. The number of carbonyl (C=O) groups excluding carboxylic acids is 1. The van der Waals surface area contributed by atoms with Gasteiger partial charge in [-0.3, -0.25) is 9.10 Å². The molecule has 0 heterocycles. The molecule has 0 atom stereocenters. The first-order valence-electron chi connectivity index (χ1n) is 4.09. The van der Waals surface area contributed by atoms with E-state index in [-0.39, 0.29) is 0 Å². The van der Waals surface area contributed by atoms with Crippen molar-refractivity contribution < 1.29 is 4.79 Å². The summed E-state index contributed by atoms with van der Waals surface area (Å²) in [5.74, 6) is 1.04. The molecule has 0 aliphatic heterocycles. The first-order valence-corrected chi connectivity index (χ1v) is 6.75. The molecule has 0 aliphatic rings. The van der Waals surface area contributed by atoms with Crippen LogP contribution in [0.4, 0.5) is 4.79 Å². The molecule has 0 bridgehead atoms. The van der Waals surface area contributed by atoms with Crippen molar-refractivity contribution >= 4 is 38.7 Å². The summed E-state index contributed by atoms with van der Waals surface area (Å²) in [7, 11) is 3.04. The van der Waals surface area contributed by atoms with Crippen molar-refractivity contribution in [2.45, 2.75) is 19.8 Å². The predicted molar refractivity (Wildman–Crippen MR) is 63.1 cm³/mol. The van der Waals surface area contributed by atoms with Crippen molar-refractivity contribution in [3.8, 4) is 0 Å². The number of rotatable bonds is 7. The minimum Gasteiger partial charge on any atom is -0.260 e. The van der Waals surface area contributed by atoms with Crippen LogP contribution in [0.3, 0.4) is 0 Å². The number of halogens is 1. The molecule has 1 amide bonds. The van der Waals surface area contributed by atoms with Crippen LogP contribution in [0.5, 0.6) is 0 Å². The van der Waals surface area contributed by atoms with E-state index < -0.39 is 5.37 Å². The molecule has 0 rings (SSSR count). The van der Waals surface area contributed by atoms with E-state index in [1.807, 2.05) is 0 Å². The van der Waals surface area contributed by atoms with Crippen LogP contribution >= 0.6 is 33.4 Å². The fourth-order valence-electron chi connectivity index (χ4n) is 0.553. The molecule has 0 spiro atoms. The number of hydrogen-bond donors (Lipinski definition) is 0. The Morgan fingerprint density at radius 3 is 2.85 bits per heavy atom. The number of nitrogens with zero attached hydrogens (tertiary/aromatic N) is 1. The molecule has 0 unspecified atom stereocenters. The molecule has 0 aromatic rings. The highest BCUT2D eigenvalue weighted by Crippen LogP contribution is 2.27. The van der Waals surface area contributed by atoms with Crippen LogP contribution in [0.15, 0.2) is 12.7 Å². The highest BCUT2D eigenvalue weighted by molar-refractivity contribution is 8.75.